The summed E-state index contributed by atoms with van der Waals surface area (Å²) in [5.74, 6) is 0.530. The molecule has 5 rings (SSSR count). The van der Waals surface area contributed by atoms with E-state index in [1.165, 1.54) is 24.9 Å². The molecule has 36 heavy (non-hydrogen) atoms. The molecule has 0 unspecified atom stereocenters. The molecule has 0 atom stereocenters. The number of halogens is 3. The van der Waals surface area contributed by atoms with Crippen molar-refractivity contribution in [3.05, 3.63) is 66.9 Å². The summed E-state index contributed by atoms with van der Waals surface area (Å²) in [6.07, 6.45) is 2.05. The van der Waals surface area contributed by atoms with Crippen molar-refractivity contribution >= 4 is 33.9 Å². The quantitative estimate of drug-likeness (QED) is 0.343. The van der Waals surface area contributed by atoms with Gasteiger partial charge >= 0.3 is 18.2 Å². The first-order chi connectivity index (χ1) is 17.3. The van der Waals surface area contributed by atoms with Crippen molar-refractivity contribution in [2.75, 3.05) is 28.6 Å². The number of ether oxygens (including phenoxy) is 1. The lowest BCUT2D eigenvalue weighted by atomic mass is 10.2. The number of benzene rings is 1. The molecule has 1 aromatic carbocycles. The smallest absolute Gasteiger partial charge is 0.424 e. The standard InChI is InChI=1S/C23H18F3N7O2S/c24-23(25,26)19-10-15(6-7-27-19)31-20(34)32-16-11-28-21(29-12-16)35-17-4-2-14(3-5-17)18-13-30-22(36-18)33-8-1-9-33/h2-7,10-13H,1,8-9H2,(H2,27,31,32,34). The molecule has 2 amide bonds. The monoisotopic (exact) mass is 513 g/mol. The third-order valence-electron chi connectivity index (χ3n) is 5.16. The third-order valence-corrected chi connectivity index (χ3v) is 6.27. The number of pyridine rings is 1. The molecule has 9 nitrogen and oxygen atoms in total. The summed E-state index contributed by atoms with van der Waals surface area (Å²) < 4.78 is 43.9. The summed E-state index contributed by atoms with van der Waals surface area (Å²) in [5.41, 5.74) is 0.0778. The second kappa shape index (κ2) is 9.77. The number of hydrogen-bond acceptors (Lipinski definition) is 8. The normalized spacial score (nSPS) is 13.1. The number of rotatable bonds is 6. The highest BCUT2D eigenvalue weighted by molar-refractivity contribution is 7.18. The second-order valence-corrected chi connectivity index (χ2v) is 8.74. The Hall–Kier alpha value is -4.26. The van der Waals surface area contributed by atoms with Gasteiger partial charge in [0, 0.05) is 31.2 Å². The van der Waals surface area contributed by atoms with Crippen LogP contribution in [0.15, 0.2) is 61.2 Å². The average Bonchev–Trinajstić information content (AvgIpc) is 3.29. The van der Waals surface area contributed by atoms with Gasteiger partial charge in [-0.05, 0) is 48.4 Å². The van der Waals surface area contributed by atoms with Gasteiger partial charge in [0.1, 0.15) is 11.4 Å². The van der Waals surface area contributed by atoms with Crippen LogP contribution >= 0.6 is 11.3 Å². The van der Waals surface area contributed by atoms with Gasteiger partial charge in [0.05, 0.1) is 23.0 Å². The molecule has 1 saturated heterocycles. The van der Waals surface area contributed by atoms with E-state index < -0.39 is 17.9 Å². The van der Waals surface area contributed by atoms with Gasteiger partial charge in [-0.1, -0.05) is 11.3 Å². The van der Waals surface area contributed by atoms with Crippen LogP contribution in [0.5, 0.6) is 11.8 Å². The van der Waals surface area contributed by atoms with Gasteiger partial charge in [0.15, 0.2) is 5.13 Å². The molecule has 0 bridgehead atoms. The van der Waals surface area contributed by atoms with E-state index in [1.807, 2.05) is 18.3 Å². The van der Waals surface area contributed by atoms with E-state index in [9.17, 15) is 18.0 Å². The van der Waals surface area contributed by atoms with Gasteiger partial charge in [-0.3, -0.25) is 4.98 Å². The molecule has 4 aromatic rings. The van der Waals surface area contributed by atoms with Gasteiger partial charge in [0.25, 0.3) is 0 Å². The van der Waals surface area contributed by atoms with Crippen LogP contribution < -0.4 is 20.3 Å². The van der Waals surface area contributed by atoms with Crippen LogP contribution in [0.4, 0.5) is 34.5 Å². The fourth-order valence-electron chi connectivity index (χ4n) is 3.23. The van der Waals surface area contributed by atoms with E-state index in [4.69, 9.17) is 4.74 Å². The molecule has 0 radical (unpaired) electrons. The molecular formula is C23H18F3N7O2S. The number of amides is 2. The summed E-state index contributed by atoms with van der Waals surface area (Å²) in [7, 11) is 0. The molecule has 3 aromatic heterocycles. The summed E-state index contributed by atoms with van der Waals surface area (Å²) in [6, 6.07) is 8.72. The molecule has 0 saturated carbocycles. The zero-order valence-electron chi connectivity index (χ0n) is 18.5. The second-order valence-electron chi connectivity index (χ2n) is 7.74. The Morgan fingerprint density at radius 3 is 2.33 bits per heavy atom. The lowest BCUT2D eigenvalue weighted by molar-refractivity contribution is -0.141. The summed E-state index contributed by atoms with van der Waals surface area (Å²) in [6.45, 7) is 2.10. The van der Waals surface area contributed by atoms with Crippen molar-refractivity contribution in [1.29, 1.82) is 0 Å². The van der Waals surface area contributed by atoms with E-state index in [2.05, 4.69) is 35.5 Å². The zero-order chi connectivity index (χ0) is 25.1. The van der Waals surface area contributed by atoms with Crippen LogP contribution in [0.2, 0.25) is 0 Å². The fraction of sp³-hybridized carbons (Fsp3) is 0.174. The highest BCUT2D eigenvalue weighted by atomic mass is 32.1. The van der Waals surface area contributed by atoms with Crippen LogP contribution in [0, 0.1) is 0 Å². The Kier molecular flexibility index (Phi) is 6.38. The SMILES string of the molecule is O=C(Nc1cnc(Oc2ccc(-c3cnc(N4CCC4)s3)cc2)nc1)Nc1ccnc(C(F)(F)F)c1. The van der Waals surface area contributed by atoms with Crippen molar-refractivity contribution < 1.29 is 22.7 Å². The number of hydrogen-bond donors (Lipinski definition) is 2. The Balaban J connectivity index is 1.16. The Labute approximate surface area is 207 Å². The number of nitrogens with zero attached hydrogens (tertiary/aromatic N) is 5. The van der Waals surface area contributed by atoms with Crippen molar-refractivity contribution in [3.8, 4) is 22.2 Å². The van der Waals surface area contributed by atoms with E-state index in [0.29, 0.717) is 5.75 Å². The molecule has 184 valence electrons. The van der Waals surface area contributed by atoms with Gasteiger partial charge in [-0.25, -0.2) is 19.7 Å². The first-order valence-electron chi connectivity index (χ1n) is 10.8. The number of anilines is 3. The minimum atomic E-state index is -4.61. The first kappa shape index (κ1) is 23.5. The van der Waals surface area contributed by atoms with Gasteiger partial charge in [-0.2, -0.15) is 13.2 Å². The fourth-order valence-corrected chi connectivity index (χ4v) is 4.21. The van der Waals surface area contributed by atoms with Gasteiger partial charge in [0.2, 0.25) is 0 Å². The maximum Gasteiger partial charge on any atom is 0.433 e. The molecule has 1 fully saturated rings. The van der Waals surface area contributed by atoms with E-state index in [-0.39, 0.29) is 17.4 Å². The Morgan fingerprint density at radius 1 is 0.944 bits per heavy atom. The molecule has 13 heteroatoms. The number of aromatic nitrogens is 4. The average molecular weight is 514 g/mol. The number of carbonyl (C=O) groups excluding carboxylic acids is 1. The molecule has 0 spiro atoms. The molecule has 4 heterocycles. The topological polar surface area (TPSA) is 105 Å². The summed E-state index contributed by atoms with van der Waals surface area (Å²) in [4.78, 5) is 31.2. The van der Waals surface area contributed by atoms with E-state index in [1.54, 1.807) is 23.5 Å². The highest BCUT2D eigenvalue weighted by Gasteiger charge is 2.32. The van der Waals surface area contributed by atoms with Crippen LogP contribution in [-0.2, 0) is 6.18 Å². The number of alkyl halides is 3. The lowest BCUT2D eigenvalue weighted by Crippen LogP contribution is -2.36. The van der Waals surface area contributed by atoms with Crippen molar-refractivity contribution in [2.24, 2.45) is 0 Å². The van der Waals surface area contributed by atoms with E-state index >= 15 is 0 Å². The van der Waals surface area contributed by atoms with Crippen LogP contribution in [0.1, 0.15) is 12.1 Å². The number of thiazole rings is 1. The number of urea groups is 1. The minimum Gasteiger partial charge on any atom is -0.424 e. The molecule has 1 aliphatic rings. The van der Waals surface area contributed by atoms with Crippen LogP contribution in [0.3, 0.4) is 0 Å². The molecule has 1 aliphatic heterocycles. The van der Waals surface area contributed by atoms with Crippen molar-refractivity contribution in [1.82, 2.24) is 19.9 Å². The lowest BCUT2D eigenvalue weighted by Gasteiger charge is -2.30. The van der Waals surface area contributed by atoms with Gasteiger partial charge in [-0.15, -0.1) is 0 Å². The first-order valence-corrected chi connectivity index (χ1v) is 11.6. The van der Waals surface area contributed by atoms with Crippen molar-refractivity contribution in [2.45, 2.75) is 12.6 Å². The van der Waals surface area contributed by atoms with E-state index in [0.717, 1.165) is 40.9 Å². The molecular weight excluding hydrogens is 495 g/mol. The van der Waals surface area contributed by atoms with Crippen LogP contribution in [0.25, 0.3) is 10.4 Å². The summed E-state index contributed by atoms with van der Waals surface area (Å²) >= 11 is 1.64. The number of nitrogens with one attached hydrogen (secondary N) is 2. The minimum absolute atomic E-state index is 0.0609. The zero-order valence-corrected chi connectivity index (χ0v) is 19.3. The van der Waals surface area contributed by atoms with Crippen LogP contribution in [-0.4, -0.2) is 39.1 Å². The summed E-state index contributed by atoms with van der Waals surface area (Å²) in [5, 5.41) is 5.78. The maximum absolute atomic E-state index is 12.8. The maximum atomic E-state index is 12.8. The predicted octanol–water partition coefficient (Wildman–Crippen LogP) is 5.66. The predicted molar refractivity (Wildman–Crippen MR) is 128 cm³/mol. The third kappa shape index (κ3) is 5.51. The molecule has 2 N–H and O–H groups in total. The van der Waals surface area contributed by atoms with Gasteiger partial charge < -0.3 is 20.3 Å². The number of carbonyl (C=O) groups is 1. The Morgan fingerprint density at radius 2 is 1.67 bits per heavy atom. The highest BCUT2D eigenvalue weighted by Crippen LogP contribution is 2.34. The largest absolute Gasteiger partial charge is 0.433 e. The molecule has 0 aliphatic carbocycles. The van der Waals surface area contributed by atoms with Crippen molar-refractivity contribution in [3.63, 3.8) is 0 Å². The Bertz CT molecular complexity index is 1360.